The monoisotopic (exact) mass is 524 g/mol. The van der Waals surface area contributed by atoms with Crippen molar-refractivity contribution in [2.24, 2.45) is 17.6 Å². The number of thiophene rings is 1. The Balaban J connectivity index is 1.53. The minimum atomic E-state index is -1.44. The lowest BCUT2D eigenvalue weighted by Gasteiger charge is -2.26. The number of primary amides is 1. The summed E-state index contributed by atoms with van der Waals surface area (Å²) in [5, 5.41) is 15.3. The van der Waals surface area contributed by atoms with Gasteiger partial charge in [-0.25, -0.2) is 4.90 Å². The number of benzene rings is 1. The summed E-state index contributed by atoms with van der Waals surface area (Å²) in [6.07, 6.45) is 3.30. The van der Waals surface area contributed by atoms with Gasteiger partial charge in [-0.05, 0) is 55.9 Å². The Labute approximate surface area is 215 Å². The third kappa shape index (κ3) is 2.85. The van der Waals surface area contributed by atoms with Crippen LogP contribution in [0.3, 0.4) is 0 Å². The van der Waals surface area contributed by atoms with Gasteiger partial charge in [0.2, 0.25) is 23.3 Å². The molecule has 1 aromatic carbocycles. The summed E-state index contributed by atoms with van der Waals surface area (Å²) >= 11 is 7.61. The van der Waals surface area contributed by atoms with Crippen molar-refractivity contribution in [3.63, 3.8) is 0 Å². The first-order valence-electron chi connectivity index (χ1n) is 11.9. The molecule has 2 fully saturated rings. The fraction of sp³-hybridized carbons (Fsp3) is 0.400. The molecule has 36 heavy (non-hydrogen) atoms. The summed E-state index contributed by atoms with van der Waals surface area (Å²) < 4.78 is 0. The molecule has 9 nitrogen and oxygen atoms in total. The van der Waals surface area contributed by atoms with Crippen LogP contribution in [0.15, 0.2) is 12.1 Å². The molecule has 0 radical (unpaired) electrons. The van der Waals surface area contributed by atoms with Crippen molar-refractivity contribution in [3.8, 4) is 6.07 Å². The number of imide groups is 1. The zero-order chi connectivity index (χ0) is 25.5. The first-order chi connectivity index (χ1) is 17.2. The van der Waals surface area contributed by atoms with Gasteiger partial charge in [-0.15, -0.1) is 11.3 Å². The van der Waals surface area contributed by atoms with Crippen LogP contribution in [-0.2, 0) is 37.6 Å². The second kappa shape index (κ2) is 7.87. The number of hydrogen-bond acceptors (Lipinski definition) is 6. The van der Waals surface area contributed by atoms with E-state index in [1.54, 1.807) is 24.4 Å². The van der Waals surface area contributed by atoms with Gasteiger partial charge >= 0.3 is 0 Å². The molecule has 184 valence electrons. The Morgan fingerprint density at radius 1 is 1.31 bits per heavy atom. The minimum Gasteiger partial charge on any atom is -0.369 e. The standard InChI is InChI=1S/C25H22ClN5O4S/c1-10-14(26)7-6-13-20(10)29-24(35)25(13)19-18(15(30-25)8-17(28)32)21(33)31(22(19)34)23-12(9-27)11-4-2-3-5-16(11)36-23/h6-7,15,18-19,30H,2-5,8H2,1H3,(H2,28,32)(H,29,35)/p+1/t15-,18-,19+,25-/m1/s1. The van der Waals surface area contributed by atoms with Gasteiger partial charge in [0.1, 0.15) is 28.9 Å². The first kappa shape index (κ1) is 23.2. The van der Waals surface area contributed by atoms with Gasteiger partial charge in [0.05, 0.1) is 17.7 Å². The number of rotatable bonds is 3. The van der Waals surface area contributed by atoms with E-state index in [-0.39, 0.29) is 6.42 Å². The van der Waals surface area contributed by atoms with Crippen molar-refractivity contribution in [2.45, 2.75) is 50.6 Å². The Morgan fingerprint density at radius 3 is 2.78 bits per heavy atom. The van der Waals surface area contributed by atoms with Crippen LogP contribution in [0, 0.1) is 30.1 Å². The normalized spacial score (nSPS) is 28.2. The molecule has 6 rings (SSSR count). The van der Waals surface area contributed by atoms with E-state index in [1.165, 1.54) is 11.3 Å². The molecule has 1 spiro atoms. The van der Waals surface area contributed by atoms with Crippen LogP contribution in [0.1, 0.15) is 46.4 Å². The van der Waals surface area contributed by atoms with E-state index in [1.807, 2.05) is 0 Å². The van der Waals surface area contributed by atoms with Crippen LogP contribution in [0.25, 0.3) is 0 Å². The lowest BCUT2D eigenvalue weighted by molar-refractivity contribution is -0.732. The Hall–Kier alpha value is -3.26. The van der Waals surface area contributed by atoms with Crippen LogP contribution in [-0.4, -0.2) is 29.7 Å². The highest BCUT2D eigenvalue weighted by Crippen LogP contribution is 2.53. The maximum absolute atomic E-state index is 14.1. The number of amides is 4. The fourth-order valence-electron chi connectivity index (χ4n) is 6.59. The Kier molecular flexibility index (Phi) is 5.06. The first-order valence-corrected chi connectivity index (χ1v) is 13.1. The highest BCUT2D eigenvalue weighted by atomic mass is 35.5. The molecule has 4 atom stereocenters. The summed E-state index contributed by atoms with van der Waals surface area (Å²) in [6.45, 7) is 1.77. The maximum Gasteiger partial charge on any atom is 0.291 e. The van der Waals surface area contributed by atoms with Gasteiger partial charge in [-0.3, -0.25) is 19.2 Å². The number of nitriles is 1. The molecule has 1 aromatic heterocycles. The van der Waals surface area contributed by atoms with Gasteiger partial charge in [0.15, 0.2) is 0 Å². The number of hydrogen-bond donors (Lipinski definition) is 3. The van der Waals surface area contributed by atoms with E-state index in [0.717, 1.165) is 41.0 Å². The third-order valence-electron chi connectivity index (χ3n) is 8.14. The highest BCUT2D eigenvalue weighted by Gasteiger charge is 2.75. The van der Waals surface area contributed by atoms with Crippen LogP contribution in [0.5, 0.6) is 0 Å². The fourth-order valence-corrected chi connectivity index (χ4v) is 8.10. The topological polar surface area (TPSA) is 150 Å². The van der Waals surface area contributed by atoms with Crippen LogP contribution >= 0.6 is 22.9 Å². The number of nitrogens with one attached hydrogen (secondary N) is 1. The molecule has 11 heteroatoms. The number of quaternary nitrogens is 1. The molecule has 5 N–H and O–H groups in total. The van der Waals surface area contributed by atoms with E-state index >= 15 is 0 Å². The van der Waals surface area contributed by atoms with E-state index < -0.39 is 47.0 Å². The summed E-state index contributed by atoms with van der Waals surface area (Å²) in [5.74, 6) is -4.07. The molecule has 4 amide bonds. The van der Waals surface area contributed by atoms with Crippen molar-refractivity contribution in [1.29, 1.82) is 5.26 Å². The van der Waals surface area contributed by atoms with E-state index in [4.69, 9.17) is 17.3 Å². The molecule has 0 bridgehead atoms. The molecule has 2 aromatic rings. The van der Waals surface area contributed by atoms with Gasteiger partial charge in [-0.2, -0.15) is 5.26 Å². The van der Waals surface area contributed by atoms with E-state index in [2.05, 4.69) is 11.4 Å². The maximum atomic E-state index is 14.1. The van der Waals surface area contributed by atoms with E-state index in [0.29, 0.717) is 32.4 Å². The zero-order valence-corrected chi connectivity index (χ0v) is 21.0. The minimum absolute atomic E-state index is 0.170. The smallest absolute Gasteiger partial charge is 0.291 e. The third-order valence-corrected chi connectivity index (χ3v) is 9.83. The van der Waals surface area contributed by atoms with Gasteiger partial charge in [-0.1, -0.05) is 11.6 Å². The predicted octanol–water partition coefficient (Wildman–Crippen LogP) is 1.23. The van der Waals surface area contributed by atoms with Crippen LogP contribution in [0.4, 0.5) is 10.7 Å². The van der Waals surface area contributed by atoms with E-state index in [9.17, 15) is 24.4 Å². The zero-order valence-electron chi connectivity index (χ0n) is 19.4. The number of carbonyl (C=O) groups is 4. The number of nitrogens with zero attached hydrogens (tertiary/aromatic N) is 2. The highest BCUT2D eigenvalue weighted by molar-refractivity contribution is 7.17. The number of nitrogens with two attached hydrogens (primary N) is 2. The van der Waals surface area contributed by atoms with Gasteiger partial charge in [0.25, 0.3) is 5.91 Å². The molecule has 4 heterocycles. The average molecular weight is 525 g/mol. The molecular weight excluding hydrogens is 502 g/mol. The van der Waals surface area contributed by atoms with Crippen molar-refractivity contribution < 1.29 is 24.5 Å². The summed E-state index contributed by atoms with van der Waals surface area (Å²) in [4.78, 5) is 55.8. The summed E-state index contributed by atoms with van der Waals surface area (Å²) in [5.41, 5.74) is 7.09. The number of anilines is 2. The lowest BCUT2D eigenvalue weighted by Crippen LogP contribution is -2.99. The average Bonchev–Trinajstić information content (AvgIpc) is 3.52. The SMILES string of the molecule is Cc1c(Cl)ccc2c1NC(=O)[C@@]21[NH2+][C@H](CC(N)=O)[C@H]2C(=O)N(c3sc4c(c3C#N)CCCC4)C(=O)[C@H]21. The quantitative estimate of drug-likeness (QED) is 0.516. The largest absolute Gasteiger partial charge is 0.369 e. The molecule has 3 aliphatic heterocycles. The van der Waals surface area contributed by atoms with Gasteiger partial charge < -0.3 is 16.4 Å². The number of halogens is 1. The predicted molar refractivity (Wildman–Crippen MR) is 131 cm³/mol. The van der Waals surface area contributed by atoms with Gasteiger partial charge in [0, 0.05) is 15.5 Å². The molecule has 1 aliphatic carbocycles. The molecule has 0 saturated carbocycles. The van der Waals surface area contributed by atoms with Crippen molar-refractivity contribution in [1.82, 2.24) is 0 Å². The summed E-state index contributed by atoms with van der Waals surface area (Å²) in [6, 6.07) is 4.88. The van der Waals surface area contributed by atoms with Crippen molar-refractivity contribution >= 4 is 57.3 Å². The van der Waals surface area contributed by atoms with Crippen LogP contribution in [0.2, 0.25) is 5.02 Å². The second-order valence-electron chi connectivity index (χ2n) is 9.94. The molecule has 0 unspecified atom stereocenters. The lowest BCUT2D eigenvalue weighted by atomic mass is 9.76. The number of fused-ring (bicyclic) bond motifs is 5. The Morgan fingerprint density at radius 2 is 2.06 bits per heavy atom. The van der Waals surface area contributed by atoms with Crippen LogP contribution < -0.4 is 21.3 Å². The Bertz CT molecular complexity index is 1440. The van der Waals surface area contributed by atoms with Crippen molar-refractivity contribution in [3.05, 3.63) is 44.3 Å². The molecular formula is C25H23ClN5O4S+. The van der Waals surface area contributed by atoms with Crippen molar-refractivity contribution in [2.75, 3.05) is 10.2 Å². The number of carbonyl (C=O) groups excluding carboxylic acids is 4. The summed E-state index contributed by atoms with van der Waals surface area (Å²) in [7, 11) is 0. The number of aryl methyl sites for hydroxylation is 1. The molecule has 2 saturated heterocycles. The molecule has 4 aliphatic rings. The second-order valence-corrected chi connectivity index (χ2v) is 11.4.